The van der Waals surface area contributed by atoms with Gasteiger partial charge in [0.1, 0.15) is 0 Å². The van der Waals surface area contributed by atoms with E-state index in [0.717, 1.165) is 13.0 Å². The lowest BCUT2D eigenvalue weighted by atomic mass is 10.0. The topological polar surface area (TPSA) is 38.8 Å². The van der Waals surface area contributed by atoms with E-state index < -0.39 is 5.79 Å². The van der Waals surface area contributed by atoms with Gasteiger partial charge in [-0.3, -0.25) is 4.79 Å². The van der Waals surface area contributed by atoms with Gasteiger partial charge in [-0.25, -0.2) is 0 Å². The maximum Gasteiger partial charge on any atom is 0.227 e. The number of rotatable bonds is 0. The van der Waals surface area contributed by atoms with Crippen molar-refractivity contribution >= 4 is 5.91 Å². The van der Waals surface area contributed by atoms with Gasteiger partial charge in [-0.1, -0.05) is 0 Å². The summed E-state index contributed by atoms with van der Waals surface area (Å²) in [7, 11) is 1.81. The molecule has 0 unspecified atom stereocenters. The molecule has 2 heterocycles. The number of carbonyl (C=O) groups is 1. The molecule has 0 aromatic carbocycles. The first-order valence-electron chi connectivity index (χ1n) is 4.24. The highest BCUT2D eigenvalue weighted by Crippen LogP contribution is 2.31. The van der Waals surface area contributed by atoms with Crippen LogP contribution in [0.15, 0.2) is 0 Å². The molecule has 2 fully saturated rings. The Balaban J connectivity index is 2.06. The predicted octanol–water partition coefficient (Wildman–Crippen LogP) is -0.0183. The second-order valence-corrected chi connectivity index (χ2v) is 3.35. The van der Waals surface area contributed by atoms with Crippen LogP contribution < -0.4 is 0 Å². The SMILES string of the molecule is CN1CCC2(CC1=O)OCCO2. The van der Waals surface area contributed by atoms with E-state index >= 15 is 0 Å². The maximum atomic E-state index is 11.3. The molecule has 0 aliphatic carbocycles. The summed E-state index contributed by atoms with van der Waals surface area (Å²) < 4.78 is 10.9. The lowest BCUT2D eigenvalue weighted by Crippen LogP contribution is -2.46. The van der Waals surface area contributed by atoms with Crippen LogP contribution in [-0.4, -0.2) is 43.4 Å². The van der Waals surface area contributed by atoms with Crippen molar-refractivity contribution in [3.8, 4) is 0 Å². The molecule has 2 aliphatic rings. The molecule has 2 aliphatic heterocycles. The second-order valence-electron chi connectivity index (χ2n) is 3.35. The average Bonchev–Trinajstić information content (AvgIpc) is 2.47. The molecule has 12 heavy (non-hydrogen) atoms. The van der Waals surface area contributed by atoms with E-state index in [9.17, 15) is 4.79 Å². The smallest absolute Gasteiger partial charge is 0.227 e. The first-order valence-corrected chi connectivity index (χ1v) is 4.24. The number of nitrogens with zero attached hydrogens (tertiary/aromatic N) is 1. The zero-order chi connectivity index (χ0) is 8.60. The zero-order valence-corrected chi connectivity index (χ0v) is 7.21. The van der Waals surface area contributed by atoms with Crippen molar-refractivity contribution in [2.75, 3.05) is 26.8 Å². The van der Waals surface area contributed by atoms with E-state index in [1.54, 1.807) is 4.90 Å². The molecule has 0 radical (unpaired) electrons. The fourth-order valence-corrected chi connectivity index (χ4v) is 1.66. The Kier molecular flexibility index (Phi) is 1.81. The summed E-state index contributed by atoms with van der Waals surface area (Å²) in [6.07, 6.45) is 1.18. The van der Waals surface area contributed by atoms with Crippen molar-refractivity contribution < 1.29 is 14.3 Å². The van der Waals surface area contributed by atoms with Gasteiger partial charge in [0, 0.05) is 20.0 Å². The molecule has 0 bridgehead atoms. The summed E-state index contributed by atoms with van der Waals surface area (Å²) in [6.45, 7) is 1.98. The van der Waals surface area contributed by atoms with Gasteiger partial charge >= 0.3 is 0 Å². The molecule has 2 rings (SSSR count). The third kappa shape index (κ3) is 1.21. The normalized spacial score (nSPS) is 28.4. The number of ether oxygens (including phenoxy) is 2. The Morgan fingerprint density at radius 3 is 2.67 bits per heavy atom. The number of carbonyl (C=O) groups excluding carboxylic acids is 1. The molecule has 4 nitrogen and oxygen atoms in total. The minimum absolute atomic E-state index is 0.114. The first-order chi connectivity index (χ1) is 5.72. The highest BCUT2D eigenvalue weighted by Gasteiger charge is 2.42. The van der Waals surface area contributed by atoms with E-state index in [1.165, 1.54) is 0 Å². The van der Waals surface area contributed by atoms with Crippen LogP contribution in [0.3, 0.4) is 0 Å². The van der Waals surface area contributed by atoms with Crippen molar-refractivity contribution in [3.05, 3.63) is 0 Å². The fourth-order valence-electron chi connectivity index (χ4n) is 1.66. The van der Waals surface area contributed by atoms with Gasteiger partial charge in [-0.15, -0.1) is 0 Å². The summed E-state index contributed by atoms with van der Waals surface area (Å²) in [5.74, 6) is -0.452. The number of likely N-dealkylation sites (tertiary alicyclic amines) is 1. The highest BCUT2D eigenvalue weighted by molar-refractivity contribution is 5.77. The van der Waals surface area contributed by atoms with Crippen LogP contribution in [0.4, 0.5) is 0 Å². The van der Waals surface area contributed by atoms with Crippen LogP contribution in [0, 0.1) is 0 Å². The van der Waals surface area contributed by atoms with E-state index in [0.29, 0.717) is 19.6 Å². The van der Waals surface area contributed by atoms with Gasteiger partial charge in [-0.2, -0.15) is 0 Å². The quantitative estimate of drug-likeness (QED) is 0.514. The van der Waals surface area contributed by atoms with E-state index in [4.69, 9.17) is 9.47 Å². The molecule has 68 valence electrons. The van der Waals surface area contributed by atoms with Gasteiger partial charge in [0.05, 0.1) is 19.6 Å². The van der Waals surface area contributed by atoms with Gasteiger partial charge in [0.15, 0.2) is 5.79 Å². The first kappa shape index (κ1) is 8.01. The van der Waals surface area contributed by atoms with E-state index in [-0.39, 0.29) is 5.91 Å². The fraction of sp³-hybridized carbons (Fsp3) is 0.875. The van der Waals surface area contributed by atoms with Crippen molar-refractivity contribution in [2.45, 2.75) is 18.6 Å². The number of piperidine rings is 1. The molecular formula is C8H13NO3. The molecule has 0 atom stereocenters. The second kappa shape index (κ2) is 2.71. The Morgan fingerprint density at radius 2 is 2.08 bits per heavy atom. The van der Waals surface area contributed by atoms with Crippen LogP contribution in [0.2, 0.25) is 0 Å². The summed E-state index contributed by atoms with van der Waals surface area (Å²) >= 11 is 0. The molecule has 4 heteroatoms. The molecule has 0 N–H and O–H groups in total. The van der Waals surface area contributed by atoms with Gasteiger partial charge < -0.3 is 14.4 Å². The number of hydrogen-bond acceptors (Lipinski definition) is 3. The van der Waals surface area contributed by atoms with Crippen molar-refractivity contribution in [1.29, 1.82) is 0 Å². The van der Waals surface area contributed by atoms with Crippen molar-refractivity contribution in [1.82, 2.24) is 4.90 Å². The standard InChI is InChI=1S/C8H13NO3/c1-9-3-2-8(6-7(9)10)11-4-5-12-8/h2-6H2,1H3. The summed E-state index contributed by atoms with van der Waals surface area (Å²) in [6, 6.07) is 0. The number of hydrogen-bond donors (Lipinski definition) is 0. The summed E-state index contributed by atoms with van der Waals surface area (Å²) in [5.41, 5.74) is 0. The van der Waals surface area contributed by atoms with E-state index in [1.807, 2.05) is 7.05 Å². The Morgan fingerprint density at radius 1 is 1.42 bits per heavy atom. The molecule has 0 saturated carbocycles. The van der Waals surface area contributed by atoms with Crippen LogP contribution in [0.1, 0.15) is 12.8 Å². The summed E-state index contributed by atoms with van der Waals surface area (Å²) in [5, 5.41) is 0. The Hall–Kier alpha value is -0.610. The van der Waals surface area contributed by atoms with Gasteiger partial charge in [-0.05, 0) is 0 Å². The molecular weight excluding hydrogens is 158 g/mol. The Labute approximate surface area is 71.4 Å². The zero-order valence-electron chi connectivity index (χ0n) is 7.21. The van der Waals surface area contributed by atoms with Crippen molar-refractivity contribution in [2.24, 2.45) is 0 Å². The molecule has 2 saturated heterocycles. The monoisotopic (exact) mass is 171 g/mol. The third-order valence-corrected chi connectivity index (χ3v) is 2.49. The molecule has 1 amide bonds. The lowest BCUT2D eigenvalue weighted by molar-refractivity contribution is -0.191. The van der Waals surface area contributed by atoms with Crippen LogP contribution >= 0.6 is 0 Å². The number of amides is 1. The Bertz CT molecular complexity index is 198. The predicted molar refractivity (Wildman–Crippen MR) is 41.5 cm³/mol. The van der Waals surface area contributed by atoms with Crippen LogP contribution in [0.5, 0.6) is 0 Å². The van der Waals surface area contributed by atoms with Crippen LogP contribution in [-0.2, 0) is 14.3 Å². The highest BCUT2D eigenvalue weighted by atomic mass is 16.7. The van der Waals surface area contributed by atoms with Gasteiger partial charge in [0.2, 0.25) is 5.91 Å². The van der Waals surface area contributed by atoms with Crippen LogP contribution in [0.25, 0.3) is 0 Å². The molecule has 0 aromatic rings. The van der Waals surface area contributed by atoms with Crippen molar-refractivity contribution in [3.63, 3.8) is 0 Å². The average molecular weight is 171 g/mol. The minimum Gasteiger partial charge on any atom is -0.347 e. The largest absolute Gasteiger partial charge is 0.347 e. The molecule has 0 aromatic heterocycles. The third-order valence-electron chi connectivity index (χ3n) is 2.49. The lowest BCUT2D eigenvalue weighted by Gasteiger charge is -2.35. The van der Waals surface area contributed by atoms with Gasteiger partial charge in [0.25, 0.3) is 0 Å². The maximum absolute atomic E-state index is 11.3. The minimum atomic E-state index is -0.566. The van der Waals surface area contributed by atoms with E-state index in [2.05, 4.69) is 0 Å². The molecule has 1 spiro atoms. The summed E-state index contributed by atoms with van der Waals surface area (Å²) in [4.78, 5) is 13.0.